The molecular weight excluding hydrogens is 408 g/mol. The summed E-state index contributed by atoms with van der Waals surface area (Å²) in [4.78, 5) is 0. The van der Waals surface area contributed by atoms with Crippen molar-refractivity contribution in [2.75, 3.05) is 0 Å². The number of hydrogen-bond acceptors (Lipinski definition) is 2. The van der Waals surface area contributed by atoms with Gasteiger partial charge < -0.3 is 0 Å². The number of benzene rings is 2. The second kappa shape index (κ2) is 7.85. The van der Waals surface area contributed by atoms with Gasteiger partial charge in [0.05, 0.1) is 11.4 Å². The fraction of sp³-hybridized carbons (Fsp3) is 0.250. The summed E-state index contributed by atoms with van der Waals surface area (Å²) in [6.07, 6.45) is 0. The number of aromatic nitrogens is 4. The molecule has 4 nitrogen and oxygen atoms in total. The van der Waals surface area contributed by atoms with Gasteiger partial charge >= 0.3 is 0 Å². The van der Waals surface area contributed by atoms with E-state index in [1.807, 2.05) is 36.4 Å². The van der Waals surface area contributed by atoms with Crippen LogP contribution in [0.5, 0.6) is 0 Å². The molecule has 0 aliphatic carbocycles. The van der Waals surface area contributed by atoms with Crippen LogP contribution in [-0.2, 0) is 14.1 Å². The lowest BCUT2D eigenvalue weighted by atomic mass is 9.94. The lowest BCUT2D eigenvalue weighted by Crippen LogP contribution is -2.07. The van der Waals surface area contributed by atoms with E-state index in [4.69, 9.17) is 24.4 Å². The molecule has 0 aliphatic heterocycles. The normalized spacial score (nSPS) is 11.4. The average Bonchev–Trinajstić information content (AvgIpc) is 3.11. The maximum Gasteiger partial charge on any atom is 0.131 e. The third-order valence-corrected chi connectivity index (χ3v) is 6.85. The summed E-state index contributed by atoms with van der Waals surface area (Å²) in [5, 5.41) is 0. The fourth-order valence-electron chi connectivity index (χ4n) is 4.32. The van der Waals surface area contributed by atoms with Gasteiger partial charge in [0.15, 0.2) is 0 Å². The molecule has 0 unspecified atom stereocenters. The van der Waals surface area contributed by atoms with Gasteiger partial charge in [-0.1, -0.05) is 67.8 Å². The Morgan fingerprint density at radius 3 is 1.30 bits per heavy atom. The summed E-state index contributed by atoms with van der Waals surface area (Å²) in [7, 11) is 4.12. The first-order valence-corrected chi connectivity index (χ1v) is 10.8. The van der Waals surface area contributed by atoms with E-state index >= 15 is 0 Å². The van der Waals surface area contributed by atoms with Crippen molar-refractivity contribution in [1.82, 2.24) is 18.7 Å². The van der Waals surface area contributed by atoms with Gasteiger partial charge in [-0.25, -0.2) is 9.36 Å². The Kier molecular flexibility index (Phi) is 5.38. The first kappa shape index (κ1) is 20.6. The zero-order valence-electron chi connectivity index (χ0n) is 18.0. The van der Waals surface area contributed by atoms with Crippen molar-refractivity contribution in [3.8, 4) is 11.4 Å². The van der Waals surface area contributed by atoms with Crippen molar-refractivity contribution in [3.63, 3.8) is 0 Å². The van der Waals surface area contributed by atoms with Gasteiger partial charge in [-0.2, -0.15) is 0 Å². The zero-order chi connectivity index (χ0) is 21.6. The number of nitrogens with zero attached hydrogens (tertiary/aromatic N) is 4. The highest BCUT2D eigenvalue weighted by Gasteiger charge is 2.25. The molecule has 0 N–H and O–H groups in total. The molecule has 154 valence electrons. The monoisotopic (exact) mass is 434 g/mol. The average molecular weight is 435 g/mol. The summed E-state index contributed by atoms with van der Waals surface area (Å²) < 4.78 is 10.1. The molecule has 0 saturated heterocycles. The predicted molar refractivity (Wildman–Crippen MR) is 128 cm³/mol. The van der Waals surface area contributed by atoms with Gasteiger partial charge in [0, 0.05) is 42.5 Å². The topological polar surface area (TPSA) is 19.7 Å². The third-order valence-electron chi connectivity index (χ3n) is 6.06. The van der Waals surface area contributed by atoms with E-state index < -0.39 is 0 Å². The summed E-state index contributed by atoms with van der Waals surface area (Å²) in [6.45, 7) is 6.47. The second-order valence-corrected chi connectivity index (χ2v) is 8.45. The minimum absolute atomic E-state index is 0.0809. The Hall–Kier alpha value is -2.70. The van der Waals surface area contributed by atoms with Gasteiger partial charge in [-0.05, 0) is 38.1 Å². The van der Waals surface area contributed by atoms with Gasteiger partial charge in [-0.15, -0.1) is 0 Å². The molecule has 0 radical (unpaired) electrons. The van der Waals surface area contributed by atoms with Crippen molar-refractivity contribution in [3.05, 3.63) is 92.5 Å². The molecule has 0 amide bonds. The van der Waals surface area contributed by atoms with E-state index in [-0.39, 0.29) is 5.92 Å². The summed E-state index contributed by atoms with van der Waals surface area (Å²) in [5.41, 5.74) is 6.73. The van der Waals surface area contributed by atoms with Gasteiger partial charge in [0.1, 0.15) is 9.28 Å². The van der Waals surface area contributed by atoms with Crippen LogP contribution >= 0.6 is 24.4 Å². The Morgan fingerprint density at radius 2 is 0.967 bits per heavy atom. The van der Waals surface area contributed by atoms with Crippen LogP contribution in [0.25, 0.3) is 11.4 Å². The quantitative estimate of drug-likeness (QED) is 0.358. The Bertz CT molecular complexity index is 1220. The molecule has 0 fully saturated rings. The molecule has 4 aromatic rings. The molecule has 2 aromatic heterocycles. The zero-order valence-corrected chi connectivity index (χ0v) is 19.6. The predicted octanol–water partition coefficient (Wildman–Crippen LogP) is 6.17. The standard InChI is InChI=1S/C24H26N4S2/c1-16(21-17(2)25(4)27(23(21)29)19-12-8-6-9-13-19)22-18(3)26(5)28(24(22)30)20-14-10-7-11-15-20/h6-16H,1-5H3. The lowest BCUT2D eigenvalue weighted by Gasteiger charge is -2.11. The number of para-hydroxylation sites is 2. The van der Waals surface area contributed by atoms with Crippen molar-refractivity contribution < 1.29 is 0 Å². The van der Waals surface area contributed by atoms with E-state index in [0.717, 1.165) is 43.2 Å². The first-order valence-electron chi connectivity index (χ1n) is 10.0. The van der Waals surface area contributed by atoms with Crippen LogP contribution in [0.1, 0.15) is 35.4 Å². The molecule has 6 heteroatoms. The smallest absolute Gasteiger partial charge is 0.131 e. The van der Waals surface area contributed by atoms with Crippen LogP contribution < -0.4 is 0 Å². The van der Waals surface area contributed by atoms with Crippen LogP contribution in [0.3, 0.4) is 0 Å². The van der Waals surface area contributed by atoms with Crippen molar-refractivity contribution in [2.45, 2.75) is 26.7 Å². The van der Waals surface area contributed by atoms with Crippen molar-refractivity contribution in [2.24, 2.45) is 14.1 Å². The van der Waals surface area contributed by atoms with E-state index in [2.05, 4.69) is 77.9 Å². The van der Waals surface area contributed by atoms with E-state index in [1.54, 1.807) is 0 Å². The maximum atomic E-state index is 5.97. The molecule has 0 spiro atoms. The van der Waals surface area contributed by atoms with Crippen LogP contribution in [0, 0.1) is 23.1 Å². The Balaban J connectivity index is 1.91. The Morgan fingerprint density at radius 1 is 0.633 bits per heavy atom. The van der Waals surface area contributed by atoms with Crippen LogP contribution in [-0.4, -0.2) is 18.7 Å². The third kappa shape index (κ3) is 3.11. The van der Waals surface area contributed by atoms with Crippen LogP contribution in [0.15, 0.2) is 60.7 Å². The first-order chi connectivity index (χ1) is 14.3. The van der Waals surface area contributed by atoms with Crippen LogP contribution in [0.2, 0.25) is 0 Å². The molecule has 2 aromatic carbocycles. The fourth-order valence-corrected chi connectivity index (χ4v) is 5.42. The number of hydrogen-bond donors (Lipinski definition) is 0. The molecule has 0 bridgehead atoms. The summed E-state index contributed by atoms with van der Waals surface area (Å²) >= 11 is 11.9. The van der Waals surface area contributed by atoms with Gasteiger partial charge in [-0.3, -0.25) is 9.36 Å². The highest BCUT2D eigenvalue weighted by molar-refractivity contribution is 7.71. The second-order valence-electron chi connectivity index (χ2n) is 7.67. The SMILES string of the molecule is Cc1c(C(C)c2c(C)n(C)n(-c3ccccc3)c2=S)c(=S)n(-c2ccccc2)n1C. The summed E-state index contributed by atoms with van der Waals surface area (Å²) in [6, 6.07) is 20.5. The van der Waals surface area contributed by atoms with Gasteiger partial charge in [0.2, 0.25) is 0 Å². The number of rotatable bonds is 4. The van der Waals surface area contributed by atoms with Crippen molar-refractivity contribution in [1.29, 1.82) is 0 Å². The lowest BCUT2D eigenvalue weighted by molar-refractivity contribution is 0.637. The molecule has 0 atom stereocenters. The molecule has 0 saturated carbocycles. The minimum Gasteiger partial charge on any atom is -0.287 e. The largest absolute Gasteiger partial charge is 0.287 e. The summed E-state index contributed by atoms with van der Waals surface area (Å²) in [5.74, 6) is 0.0809. The van der Waals surface area contributed by atoms with Gasteiger partial charge in [0.25, 0.3) is 0 Å². The highest BCUT2D eigenvalue weighted by Crippen LogP contribution is 2.34. The minimum atomic E-state index is 0.0809. The van der Waals surface area contributed by atoms with E-state index in [1.165, 1.54) is 0 Å². The van der Waals surface area contributed by atoms with E-state index in [9.17, 15) is 0 Å². The highest BCUT2D eigenvalue weighted by atomic mass is 32.1. The molecule has 0 aliphatic rings. The Labute approximate surface area is 187 Å². The van der Waals surface area contributed by atoms with Crippen LogP contribution in [0.4, 0.5) is 0 Å². The molecule has 2 heterocycles. The van der Waals surface area contributed by atoms with Crippen molar-refractivity contribution >= 4 is 24.4 Å². The molecule has 30 heavy (non-hydrogen) atoms. The maximum absolute atomic E-state index is 5.97. The van der Waals surface area contributed by atoms with E-state index in [0.29, 0.717) is 0 Å². The molecule has 4 rings (SSSR count). The molecular formula is C24H26N4S2.